The summed E-state index contributed by atoms with van der Waals surface area (Å²) in [5.41, 5.74) is 0.590. The molecule has 2 atom stereocenters. The van der Waals surface area contributed by atoms with Gasteiger partial charge in [-0.05, 0) is 55.2 Å². The van der Waals surface area contributed by atoms with E-state index in [1.165, 1.54) is 4.31 Å². The molecule has 10 heteroatoms. The van der Waals surface area contributed by atoms with Gasteiger partial charge in [0.25, 0.3) is 0 Å². The van der Waals surface area contributed by atoms with E-state index in [1.807, 2.05) is 12.1 Å². The van der Waals surface area contributed by atoms with Crippen molar-refractivity contribution in [2.45, 2.75) is 80.9 Å². The Hall–Kier alpha value is -1.72. The lowest BCUT2D eigenvalue weighted by Crippen LogP contribution is -2.59. The van der Waals surface area contributed by atoms with E-state index in [0.29, 0.717) is 43.8 Å². The summed E-state index contributed by atoms with van der Waals surface area (Å²) in [4.78, 5) is 16.1. The van der Waals surface area contributed by atoms with Crippen molar-refractivity contribution >= 4 is 15.9 Å². The average Bonchev–Trinajstić information content (AvgIpc) is 3.28. The minimum atomic E-state index is -4.06. The first-order valence-corrected chi connectivity index (χ1v) is 15.2. The number of hydrogen-bond acceptors (Lipinski definition) is 7. The highest BCUT2D eigenvalue weighted by Crippen LogP contribution is 2.38. The second kappa shape index (κ2) is 10.8. The number of aliphatic hydroxyl groups is 1. The number of hydrogen-bond donors (Lipinski definition) is 2. The summed E-state index contributed by atoms with van der Waals surface area (Å²) in [5.74, 6) is 0.884. The number of fused-ring (bicyclic) bond motifs is 2. The monoisotopic (exact) mass is 535 g/mol. The van der Waals surface area contributed by atoms with E-state index >= 15 is 0 Å². The van der Waals surface area contributed by atoms with E-state index in [0.717, 1.165) is 50.9 Å². The van der Waals surface area contributed by atoms with E-state index in [2.05, 4.69) is 24.1 Å². The topological polar surface area (TPSA) is 108 Å². The second-order valence-corrected chi connectivity index (χ2v) is 13.5. The molecule has 2 N–H and O–H groups in total. The molecule has 0 bridgehead atoms. The van der Waals surface area contributed by atoms with Crippen LogP contribution in [0, 0.1) is 5.92 Å². The Morgan fingerprint density at radius 2 is 1.86 bits per heavy atom. The molecular formula is C27H41N3O6S. The van der Waals surface area contributed by atoms with Gasteiger partial charge in [-0.1, -0.05) is 19.9 Å². The van der Waals surface area contributed by atoms with Gasteiger partial charge in [-0.15, -0.1) is 0 Å². The Labute approximate surface area is 220 Å². The van der Waals surface area contributed by atoms with Crippen LogP contribution in [0.25, 0.3) is 0 Å². The zero-order chi connectivity index (χ0) is 26.2. The summed E-state index contributed by atoms with van der Waals surface area (Å²) in [6.45, 7) is 8.78. The number of benzene rings is 1. The zero-order valence-electron chi connectivity index (χ0n) is 22.0. The number of sulfonamides is 1. The first-order valence-electron chi connectivity index (χ1n) is 13.8. The van der Waals surface area contributed by atoms with Gasteiger partial charge in [-0.2, -0.15) is 4.31 Å². The average molecular weight is 536 g/mol. The molecule has 0 aliphatic carbocycles. The van der Waals surface area contributed by atoms with Gasteiger partial charge in [-0.25, -0.2) is 8.42 Å². The minimum absolute atomic E-state index is 0.0675. The van der Waals surface area contributed by atoms with E-state index in [9.17, 15) is 18.3 Å². The number of piperidine rings is 1. The van der Waals surface area contributed by atoms with Crippen LogP contribution in [0.3, 0.4) is 0 Å². The SMILES string of the molecule is CC(C)CN1CCC2(CCOc3cc(C4CCOCC4)ccc3S(=O)(=O)N3C[C@H](O)C[C@H]3C(=O)N2)CC1. The number of nitrogens with one attached hydrogen (secondary N) is 1. The molecule has 3 saturated heterocycles. The third-order valence-electron chi connectivity index (χ3n) is 8.45. The van der Waals surface area contributed by atoms with Crippen LogP contribution >= 0.6 is 0 Å². The summed E-state index contributed by atoms with van der Waals surface area (Å²) in [6.07, 6.45) is 3.16. The summed E-state index contributed by atoms with van der Waals surface area (Å²) in [5, 5.41) is 13.7. The van der Waals surface area contributed by atoms with Crippen LogP contribution in [0.4, 0.5) is 0 Å². The molecule has 3 fully saturated rings. The van der Waals surface area contributed by atoms with Gasteiger partial charge in [0, 0.05) is 57.8 Å². The highest BCUT2D eigenvalue weighted by molar-refractivity contribution is 7.89. The van der Waals surface area contributed by atoms with Gasteiger partial charge in [-0.3, -0.25) is 4.79 Å². The first kappa shape index (κ1) is 26.9. The first-order chi connectivity index (χ1) is 17.7. The van der Waals surface area contributed by atoms with Crippen molar-refractivity contribution in [3.63, 3.8) is 0 Å². The molecule has 4 aliphatic rings. The van der Waals surface area contributed by atoms with Crippen LogP contribution in [0.15, 0.2) is 23.1 Å². The molecule has 0 saturated carbocycles. The van der Waals surface area contributed by atoms with Crippen LogP contribution < -0.4 is 10.1 Å². The molecule has 1 spiro atoms. The fourth-order valence-electron chi connectivity index (χ4n) is 6.37. The van der Waals surface area contributed by atoms with Crippen LogP contribution in [-0.2, 0) is 19.6 Å². The van der Waals surface area contributed by atoms with Crippen LogP contribution in [0.2, 0.25) is 0 Å². The molecule has 1 amide bonds. The molecule has 0 aromatic heterocycles. The van der Waals surface area contributed by atoms with Crippen molar-refractivity contribution in [3.05, 3.63) is 23.8 Å². The van der Waals surface area contributed by atoms with Gasteiger partial charge in [0.1, 0.15) is 16.7 Å². The van der Waals surface area contributed by atoms with Crippen molar-refractivity contribution < 1.29 is 27.8 Å². The number of carbonyl (C=O) groups is 1. The number of carbonyl (C=O) groups excluding carboxylic acids is 1. The zero-order valence-corrected chi connectivity index (χ0v) is 22.8. The van der Waals surface area contributed by atoms with Gasteiger partial charge in [0.2, 0.25) is 15.9 Å². The quantitative estimate of drug-likeness (QED) is 0.610. The third kappa shape index (κ3) is 5.68. The van der Waals surface area contributed by atoms with Crippen molar-refractivity contribution in [2.24, 2.45) is 5.92 Å². The normalized spacial score (nSPS) is 29.2. The number of rotatable bonds is 3. The highest BCUT2D eigenvalue weighted by atomic mass is 32.2. The summed E-state index contributed by atoms with van der Waals surface area (Å²) >= 11 is 0. The molecule has 1 aromatic carbocycles. The fraction of sp³-hybridized carbons (Fsp3) is 0.741. The fourth-order valence-corrected chi connectivity index (χ4v) is 8.12. The Bertz CT molecular complexity index is 1080. The molecule has 4 aliphatic heterocycles. The second-order valence-electron chi connectivity index (χ2n) is 11.6. The van der Waals surface area contributed by atoms with Crippen molar-refractivity contribution in [1.29, 1.82) is 0 Å². The van der Waals surface area contributed by atoms with Gasteiger partial charge in [0.05, 0.1) is 12.7 Å². The molecule has 0 radical (unpaired) electrons. The molecule has 4 heterocycles. The lowest BCUT2D eigenvalue weighted by atomic mass is 9.83. The third-order valence-corrected chi connectivity index (χ3v) is 10.4. The number of ether oxygens (including phenoxy) is 2. The van der Waals surface area contributed by atoms with Gasteiger partial charge in [0.15, 0.2) is 0 Å². The van der Waals surface area contributed by atoms with E-state index in [1.54, 1.807) is 6.07 Å². The van der Waals surface area contributed by atoms with Crippen LogP contribution in [0.5, 0.6) is 5.75 Å². The highest BCUT2D eigenvalue weighted by Gasteiger charge is 2.47. The Morgan fingerprint density at radius 3 is 2.57 bits per heavy atom. The Balaban J connectivity index is 1.47. The summed E-state index contributed by atoms with van der Waals surface area (Å²) in [7, 11) is -4.06. The number of aliphatic hydroxyl groups excluding tert-OH is 1. The lowest BCUT2D eigenvalue weighted by Gasteiger charge is -2.43. The van der Waals surface area contributed by atoms with Crippen molar-refractivity contribution in [1.82, 2.24) is 14.5 Å². The smallest absolute Gasteiger partial charge is 0.247 e. The van der Waals surface area contributed by atoms with Gasteiger partial charge >= 0.3 is 0 Å². The number of nitrogens with zero attached hydrogens (tertiary/aromatic N) is 2. The molecule has 37 heavy (non-hydrogen) atoms. The molecule has 5 rings (SSSR count). The Kier molecular flexibility index (Phi) is 7.85. The maximum Gasteiger partial charge on any atom is 0.247 e. The molecule has 206 valence electrons. The van der Waals surface area contributed by atoms with Crippen molar-refractivity contribution in [3.8, 4) is 5.75 Å². The predicted molar refractivity (Wildman–Crippen MR) is 139 cm³/mol. The molecule has 1 aromatic rings. The summed E-state index contributed by atoms with van der Waals surface area (Å²) < 4.78 is 40.6. The van der Waals surface area contributed by atoms with E-state index < -0.39 is 27.7 Å². The Morgan fingerprint density at radius 1 is 1.14 bits per heavy atom. The standard InChI is InChI=1S/C27H41N3O6S/c1-19(2)17-29-10-7-27(8-11-29)9-14-36-24-15-21(20-5-12-35-13-6-20)3-4-25(24)37(33,34)30-18-22(31)16-23(30)26(32)28-27/h3-4,15,19-20,22-23,31H,5-14,16-18H2,1-2H3,(H,28,32)/t22-,23+/m1/s1. The van der Waals surface area contributed by atoms with Gasteiger partial charge < -0.3 is 24.8 Å². The van der Waals surface area contributed by atoms with Crippen molar-refractivity contribution in [2.75, 3.05) is 46.0 Å². The van der Waals surface area contributed by atoms with E-state index in [4.69, 9.17) is 9.47 Å². The lowest BCUT2D eigenvalue weighted by molar-refractivity contribution is -0.127. The number of likely N-dealkylation sites (tertiary alicyclic amines) is 1. The van der Waals surface area contributed by atoms with Crippen LogP contribution in [-0.4, -0.2) is 92.3 Å². The molecule has 0 unspecified atom stereocenters. The largest absolute Gasteiger partial charge is 0.492 e. The minimum Gasteiger partial charge on any atom is -0.492 e. The maximum absolute atomic E-state index is 13.9. The van der Waals surface area contributed by atoms with E-state index in [-0.39, 0.29) is 23.8 Å². The number of amides is 1. The maximum atomic E-state index is 13.9. The summed E-state index contributed by atoms with van der Waals surface area (Å²) in [6, 6.07) is 4.41. The molecular weight excluding hydrogens is 494 g/mol. The van der Waals surface area contributed by atoms with Crippen LogP contribution in [0.1, 0.15) is 63.9 Å². The molecule has 9 nitrogen and oxygen atoms in total. The predicted octanol–water partition coefficient (Wildman–Crippen LogP) is 2.09.